The Hall–Kier alpha value is -3.84. The van der Waals surface area contributed by atoms with Crippen LogP contribution in [0.25, 0.3) is 10.4 Å². The number of amides is 2. The van der Waals surface area contributed by atoms with E-state index >= 15 is 0 Å². The minimum Gasteiger partial charge on any atom is -0.460 e. The predicted molar refractivity (Wildman–Crippen MR) is 133 cm³/mol. The van der Waals surface area contributed by atoms with E-state index in [0.29, 0.717) is 19.5 Å². The van der Waals surface area contributed by atoms with Gasteiger partial charge in [-0.15, -0.1) is 0 Å². The molecule has 2 rings (SSSR count). The predicted octanol–water partition coefficient (Wildman–Crippen LogP) is 4.52. The molecule has 0 heterocycles. The second-order valence-electron chi connectivity index (χ2n) is 9.15. The molecule has 0 saturated heterocycles. The topological polar surface area (TPSA) is 124 Å². The van der Waals surface area contributed by atoms with Gasteiger partial charge in [0.05, 0.1) is 0 Å². The molecule has 0 aliphatic heterocycles. The van der Waals surface area contributed by atoms with Gasteiger partial charge in [0.2, 0.25) is 11.8 Å². The molecule has 0 bridgehead atoms. The van der Waals surface area contributed by atoms with Gasteiger partial charge in [0.25, 0.3) is 0 Å². The molecule has 9 nitrogen and oxygen atoms in total. The van der Waals surface area contributed by atoms with Crippen molar-refractivity contribution < 1.29 is 19.1 Å². The van der Waals surface area contributed by atoms with Gasteiger partial charge in [-0.2, -0.15) is 0 Å². The van der Waals surface area contributed by atoms with Crippen LogP contribution in [0.4, 0.5) is 0 Å². The molecule has 1 N–H and O–H groups in total. The number of hydrogen-bond acceptors (Lipinski definition) is 5. The number of nitrogens with zero attached hydrogens (tertiary/aromatic N) is 4. The Bertz CT molecular complexity index is 974. The number of benzene rings is 2. The maximum Gasteiger partial charge on any atom is 0.306 e. The van der Waals surface area contributed by atoms with Gasteiger partial charge in [-0.1, -0.05) is 65.8 Å². The lowest BCUT2D eigenvalue weighted by Gasteiger charge is -2.28. The number of azide groups is 1. The number of esters is 1. The highest BCUT2D eigenvalue weighted by Crippen LogP contribution is 2.15. The maximum absolute atomic E-state index is 13.7. The molecule has 2 aromatic carbocycles. The Kier molecular flexibility index (Phi) is 10.8. The van der Waals surface area contributed by atoms with Gasteiger partial charge in [0.1, 0.15) is 18.2 Å². The van der Waals surface area contributed by atoms with Crippen LogP contribution in [0.15, 0.2) is 65.8 Å². The Morgan fingerprint density at radius 1 is 1.00 bits per heavy atom. The lowest BCUT2D eigenvalue weighted by Crippen LogP contribution is -2.48. The molecule has 0 aromatic heterocycles. The summed E-state index contributed by atoms with van der Waals surface area (Å²) in [6.45, 7) is 5.66. The van der Waals surface area contributed by atoms with Crippen molar-refractivity contribution in [1.29, 1.82) is 0 Å². The van der Waals surface area contributed by atoms with Crippen LogP contribution in [-0.2, 0) is 32.2 Å². The molecular formula is C26H33N5O4. The quantitative estimate of drug-likeness (QED) is 0.208. The zero-order chi connectivity index (χ0) is 25.7. The summed E-state index contributed by atoms with van der Waals surface area (Å²) in [5.74, 6) is -1.21. The van der Waals surface area contributed by atoms with Crippen LogP contribution in [0.2, 0.25) is 0 Å². The van der Waals surface area contributed by atoms with Crippen molar-refractivity contribution >= 4 is 17.8 Å². The van der Waals surface area contributed by atoms with Crippen LogP contribution < -0.4 is 5.32 Å². The van der Waals surface area contributed by atoms with E-state index < -0.39 is 24.1 Å². The number of nitrogens with one attached hydrogen (secondary N) is 1. The van der Waals surface area contributed by atoms with Gasteiger partial charge >= 0.3 is 5.97 Å². The van der Waals surface area contributed by atoms with E-state index in [4.69, 9.17) is 10.3 Å². The number of rotatable bonds is 12. The normalized spacial score (nSPS) is 11.6. The van der Waals surface area contributed by atoms with Gasteiger partial charge in [0, 0.05) is 24.4 Å². The lowest BCUT2D eigenvalue weighted by atomic mass is 10.1. The molecular weight excluding hydrogens is 446 g/mol. The van der Waals surface area contributed by atoms with Crippen molar-refractivity contribution in [3.63, 3.8) is 0 Å². The van der Waals surface area contributed by atoms with Crippen LogP contribution in [-0.4, -0.2) is 40.9 Å². The van der Waals surface area contributed by atoms with Crippen molar-refractivity contribution in [2.75, 3.05) is 6.54 Å². The summed E-state index contributed by atoms with van der Waals surface area (Å²) in [5.41, 5.74) is 9.82. The first kappa shape index (κ1) is 27.4. The van der Waals surface area contributed by atoms with E-state index in [2.05, 4.69) is 15.3 Å². The van der Waals surface area contributed by atoms with Gasteiger partial charge < -0.3 is 15.0 Å². The molecule has 0 fully saturated rings. The van der Waals surface area contributed by atoms with Crippen LogP contribution in [0.3, 0.4) is 0 Å². The zero-order valence-corrected chi connectivity index (χ0v) is 20.5. The fourth-order valence-corrected chi connectivity index (χ4v) is 3.48. The van der Waals surface area contributed by atoms with Crippen molar-refractivity contribution in [2.24, 2.45) is 5.11 Å². The lowest BCUT2D eigenvalue weighted by molar-refractivity contribution is -0.155. The first-order chi connectivity index (χ1) is 16.7. The summed E-state index contributed by atoms with van der Waals surface area (Å²) in [6.07, 6.45) is 0.697. The number of ether oxygens (including phenoxy) is 1. The minimum atomic E-state index is -0.883. The number of carbonyl (C=O) groups excluding carboxylic acids is 3. The molecule has 2 amide bonds. The Morgan fingerprint density at radius 2 is 1.54 bits per heavy atom. The molecule has 0 spiro atoms. The van der Waals surface area contributed by atoms with E-state index in [-0.39, 0.29) is 24.7 Å². The summed E-state index contributed by atoms with van der Waals surface area (Å²) in [5, 5.41) is 5.96. The van der Waals surface area contributed by atoms with Crippen LogP contribution >= 0.6 is 0 Å². The number of carbonyl (C=O) groups is 3. The smallest absolute Gasteiger partial charge is 0.306 e. The van der Waals surface area contributed by atoms with Crippen molar-refractivity contribution in [2.45, 2.75) is 64.8 Å². The fourth-order valence-electron chi connectivity index (χ4n) is 3.48. The molecule has 9 heteroatoms. The SMILES string of the molecule is CC(C)(C)OC(=O)CCC[C@H](NC(=O)CN=[N+]=[N-])C(=O)N(Cc1ccccc1)Cc1ccccc1. The Labute approximate surface area is 206 Å². The van der Waals surface area contributed by atoms with Gasteiger partial charge in [-0.25, -0.2) is 0 Å². The third kappa shape index (κ3) is 10.8. The molecule has 2 aromatic rings. The first-order valence-corrected chi connectivity index (χ1v) is 11.6. The fraction of sp³-hybridized carbons (Fsp3) is 0.423. The van der Waals surface area contributed by atoms with Crippen LogP contribution in [0, 0.1) is 0 Å². The third-order valence-electron chi connectivity index (χ3n) is 4.95. The Balaban J connectivity index is 2.20. The molecule has 35 heavy (non-hydrogen) atoms. The van der Waals surface area contributed by atoms with E-state index in [9.17, 15) is 14.4 Å². The molecule has 0 saturated carbocycles. The highest BCUT2D eigenvalue weighted by Gasteiger charge is 2.27. The summed E-state index contributed by atoms with van der Waals surface area (Å²) in [4.78, 5) is 42.4. The highest BCUT2D eigenvalue weighted by molar-refractivity contribution is 5.88. The summed E-state index contributed by atoms with van der Waals surface area (Å²) < 4.78 is 5.34. The second-order valence-corrected chi connectivity index (χ2v) is 9.15. The Morgan fingerprint density at radius 3 is 2.03 bits per heavy atom. The summed E-state index contributed by atoms with van der Waals surface area (Å²) in [7, 11) is 0. The molecule has 0 radical (unpaired) electrons. The van der Waals surface area contributed by atoms with Gasteiger partial charge in [-0.3, -0.25) is 14.4 Å². The van der Waals surface area contributed by atoms with Crippen LogP contribution in [0.5, 0.6) is 0 Å². The standard InChI is InChI=1S/C26H33N5O4/c1-26(2,3)35-24(33)16-10-15-22(29-23(32)17-28-30-27)25(34)31(18-20-11-6-4-7-12-20)19-21-13-8-5-9-14-21/h4-9,11-14,22H,10,15-19H2,1-3H3,(H,29,32)/t22-/m0/s1. The van der Waals surface area contributed by atoms with E-state index in [0.717, 1.165) is 11.1 Å². The molecule has 0 aliphatic carbocycles. The number of hydrogen-bond donors (Lipinski definition) is 1. The van der Waals surface area contributed by atoms with Crippen LogP contribution in [0.1, 0.15) is 51.2 Å². The molecule has 0 unspecified atom stereocenters. The first-order valence-electron chi connectivity index (χ1n) is 11.6. The third-order valence-corrected chi connectivity index (χ3v) is 4.95. The minimum absolute atomic E-state index is 0.116. The average Bonchev–Trinajstić information content (AvgIpc) is 2.81. The second kappa shape index (κ2) is 13.8. The largest absolute Gasteiger partial charge is 0.460 e. The van der Waals surface area contributed by atoms with E-state index in [1.165, 1.54) is 0 Å². The average molecular weight is 480 g/mol. The van der Waals surface area contributed by atoms with Crippen molar-refractivity contribution in [3.8, 4) is 0 Å². The van der Waals surface area contributed by atoms with Gasteiger partial charge in [-0.05, 0) is 50.3 Å². The van der Waals surface area contributed by atoms with E-state index in [1.807, 2.05) is 60.7 Å². The summed E-state index contributed by atoms with van der Waals surface area (Å²) >= 11 is 0. The molecule has 186 valence electrons. The zero-order valence-electron chi connectivity index (χ0n) is 20.5. The molecule has 1 atom stereocenters. The molecule has 0 aliphatic rings. The maximum atomic E-state index is 13.7. The summed E-state index contributed by atoms with van der Waals surface area (Å²) in [6, 6.07) is 18.3. The van der Waals surface area contributed by atoms with Crippen molar-refractivity contribution in [3.05, 3.63) is 82.2 Å². The van der Waals surface area contributed by atoms with E-state index in [1.54, 1.807) is 25.7 Å². The monoisotopic (exact) mass is 479 g/mol. The highest BCUT2D eigenvalue weighted by atomic mass is 16.6. The van der Waals surface area contributed by atoms with Gasteiger partial charge in [0.15, 0.2) is 0 Å². The van der Waals surface area contributed by atoms with Crippen molar-refractivity contribution in [1.82, 2.24) is 10.2 Å².